The van der Waals surface area contributed by atoms with Crippen LogP contribution in [0.4, 0.5) is 11.9 Å². The Morgan fingerprint density at radius 1 is 1.06 bits per heavy atom. The zero-order valence-electron chi connectivity index (χ0n) is 11.1. The van der Waals surface area contributed by atoms with Crippen molar-refractivity contribution in [1.82, 2.24) is 15.0 Å². The van der Waals surface area contributed by atoms with Crippen molar-refractivity contribution >= 4 is 11.9 Å². The summed E-state index contributed by atoms with van der Waals surface area (Å²) in [7, 11) is 0. The quantitative estimate of drug-likeness (QED) is 0.813. The summed E-state index contributed by atoms with van der Waals surface area (Å²) >= 11 is 0. The first-order valence-electron chi connectivity index (χ1n) is 5.83. The summed E-state index contributed by atoms with van der Waals surface area (Å²) in [6.07, 6.45) is 0.00664. The molecule has 1 aromatic heterocycles. The van der Waals surface area contributed by atoms with E-state index >= 15 is 0 Å². The van der Waals surface area contributed by atoms with Gasteiger partial charge in [0.2, 0.25) is 11.9 Å². The first kappa shape index (κ1) is 13.5. The number of rotatable bonds is 5. The van der Waals surface area contributed by atoms with Crippen LogP contribution in [0.2, 0.25) is 0 Å². The Morgan fingerprint density at radius 3 is 2.24 bits per heavy atom. The van der Waals surface area contributed by atoms with Crippen LogP contribution < -0.4 is 15.8 Å². The highest BCUT2D eigenvalue weighted by Crippen LogP contribution is 2.13. The highest BCUT2D eigenvalue weighted by Gasteiger charge is 2.11. The number of anilines is 2. The van der Waals surface area contributed by atoms with E-state index in [0.29, 0.717) is 11.9 Å². The maximum absolute atomic E-state index is 5.60. The number of nitrogens with two attached hydrogens (primary N) is 1. The van der Waals surface area contributed by atoms with Gasteiger partial charge in [-0.05, 0) is 26.7 Å². The first-order chi connectivity index (χ1) is 7.88. The zero-order valence-corrected chi connectivity index (χ0v) is 11.1. The van der Waals surface area contributed by atoms with E-state index in [4.69, 9.17) is 10.5 Å². The number of nitrogens with zero attached hydrogens (tertiary/aromatic N) is 3. The van der Waals surface area contributed by atoms with Crippen molar-refractivity contribution in [3.8, 4) is 6.01 Å². The highest BCUT2D eigenvalue weighted by molar-refractivity contribution is 5.33. The molecule has 1 unspecified atom stereocenters. The monoisotopic (exact) mass is 239 g/mol. The average Bonchev–Trinajstić information content (AvgIpc) is 2.14. The number of nitrogens with one attached hydrogen (secondary N) is 1. The lowest BCUT2D eigenvalue weighted by Crippen LogP contribution is -2.23. The van der Waals surface area contributed by atoms with Gasteiger partial charge in [0.15, 0.2) is 0 Å². The molecule has 1 aromatic rings. The van der Waals surface area contributed by atoms with Crippen LogP contribution in [0.25, 0.3) is 0 Å². The van der Waals surface area contributed by atoms with Gasteiger partial charge in [-0.15, -0.1) is 0 Å². The molecule has 0 aliphatic carbocycles. The fourth-order valence-corrected chi connectivity index (χ4v) is 1.07. The second-order valence-corrected chi connectivity index (χ2v) is 4.64. The molecule has 1 rings (SSSR count). The molecule has 0 aromatic carbocycles. The highest BCUT2D eigenvalue weighted by atomic mass is 16.5. The summed E-state index contributed by atoms with van der Waals surface area (Å²) in [5.41, 5.74) is 5.60. The Balaban J connectivity index is 2.82. The van der Waals surface area contributed by atoms with Crippen LogP contribution in [-0.2, 0) is 0 Å². The maximum Gasteiger partial charge on any atom is 0.323 e. The van der Waals surface area contributed by atoms with Crippen molar-refractivity contribution in [3.05, 3.63) is 0 Å². The molecule has 1 heterocycles. The van der Waals surface area contributed by atoms with Crippen LogP contribution in [-0.4, -0.2) is 27.1 Å². The standard InChI is InChI=1S/C11H21N5O/c1-6(2)8(5)13-10-14-9(12)15-11(16-10)17-7(3)4/h6-8H,1-5H3,(H3,12,13,14,15,16). The second kappa shape index (κ2) is 5.65. The Labute approximate surface area is 102 Å². The van der Waals surface area contributed by atoms with Crippen LogP contribution >= 0.6 is 0 Å². The van der Waals surface area contributed by atoms with E-state index in [1.807, 2.05) is 13.8 Å². The molecule has 0 spiro atoms. The van der Waals surface area contributed by atoms with Crippen molar-refractivity contribution in [2.75, 3.05) is 11.1 Å². The molecule has 6 nitrogen and oxygen atoms in total. The Bertz CT molecular complexity index is 367. The Morgan fingerprint density at radius 2 is 1.71 bits per heavy atom. The van der Waals surface area contributed by atoms with Gasteiger partial charge in [-0.2, -0.15) is 15.0 Å². The first-order valence-corrected chi connectivity index (χ1v) is 5.83. The molecule has 96 valence electrons. The van der Waals surface area contributed by atoms with Crippen molar-refractivity contribution in [1.29, 1.82) is 0 Å². The van der Waals surface area contributed by atoms with Gasteiger partial charge in [0, 0.05) is 6.04 Å². The fourth-order valence-electron chi connectivity index (χ4n) is 1.07. The third kappa shape index (κ3) is 4.42. The number of aromatic nitrogens is 3. The number of hydrogen-bond acceptors (Lipinski definition) is 6. The fraction of sp³-hybridized carbons (Fsp3) is 0.727. The van der Waals surface area contributed by atoms with Gasteiger partial charge in [-0.1, -0.05) is 13.8 Å². The molecule has 0 saturated carbocycles. The normalized spacial score (nSPS) is 12.9. The minimum atomic E-state index is 0.00664. The summed E-state index contributed by atoms with van der Waals surface area (Å²) in [5.74, 6) is 1.09. The maximum atomic E-state index is 5.60. The smallest absolute Gasteiger partial charge is 0.323 e. The van der Waals surface area contributed by atoms with Crippen LogP contribution in [0.1, 0.15) is 34.6 Å². The SMILES string of the molecule is CC(C)Oc1nc(N)nc(NC(C)C(C)C)n1. The average molecular weight is 239 g/mol. The third-order valence-electron chi connectivity index (χ3n) is 2.33. The molecule has 0 saturated heterocycles. The molecule has 0 fully saturated rings. The Hall–Kier alpha value is -1.59. The van der Waals surface area contributed by atoms with Crippen LogP contribution in [0.5, 0.6) is 6.01 Å². The number of hydrogen-bond donors (Lipinski definition) is 2. The minimum Gasteiger partial charge on any atom is -0.461 e. The molecule has 0 bridgehead atoms. The minimum absolute atomic E-state index is 0.00664. The van der Waals surface area contributed by atoms with E-state index in [-0.39, 0.29) is 24.1 Å². The van der Waals surface area contributed by atoms with Crippen molar-refractivity contribution in [2.45, 2.75) is 46.8 Å². The number of nitrogen functional groups attached to an aromatic ring is 1. The predicted octanol–water partition coefficient (Wildman–Crippen LogP) is 1.70. The summed E-state index contributed by atoms with van der Waals surface area (Å²) in [6, 6.07) is 0.509. The second-order valence-electron chi connectivity index (χ2n) is 4.64. The van der Waals surface area contributed by atoms with Crippen molar-refractivity contribution in [2.24, 2.45) is 5.92 Å². The molecule has 0 aliphatic heterocycles. The molecule has 17 heavy (non-hydrogen) atoms. The largest absolute Gasteiger partial charge is 0.461 e. The predicted molar refractivity (Wildman–Crippen MR) is 67.9 cm³/mol. The van der Waals surface area contributed by atoms with E-state index in [1.54, 1.807) is 0 Å². The van der Waals surface area contributed by atoms with Gasteiger partial charge in [0.25, 0.3) is 0 Å². The summed E-state index contributed by atoms with van der Waals surface area (Å²) < 4.78 is 5.40. The van der Waals surface area contributed by atoms with Crippen LogP contribution in [0, 0.1) is 5.92 Å². The molecule has 0 aliphatic rings. The van der Waals surface area contributed by atoms with E-state index < -0.39 is 0 Å². The van der Waals surface area contributed by atoms with E-state index in [2.05, 4.69) is 41.0 Å². The molecule has 0 radical (unpaired) electrons. The van der Waals surface area contributed by atoms with Crippen molar-refractivity contribution < 1.29 is 4.74 Å². The van der Waals surface area contributed by atoms with Gasteiger partial charge in [0.05, 0.1) is 6.10 Å². The third-order valence-corrected chi connectivity index (χ3v) is 2.33. The lowest BCUT2D eigenvalue weighted by atomic mass is 10.1. The summed E-state index contributed by atoms with van der Waals surface area (Å²) in [6.45, 7) is 10.1. The molecule has 3 N–H and O–H groups in total. The van der Waals surface area contributed by atoms with E-state index in [9.17, 15) is 0 Å². The lowest BCUT2D eigenvalue weighted by Gasteiger charge is -2.17. The van der Waals surface area contributed by atoms with Gasteiger partial charge in [-0.25, -0.2) is 0 Å². The molecular formula is C11H21N5O. The topological polar surface area (TPSA) is 86.0 Å². The van der Waals surface area contributed by atoms with Crippen LogP contribution in [0.15, 0.2) is 0 Å². The Kier molecular flexibility index (Phi) is 4.48. The van der Waals surface area contributed by atoms with E-state index in [1.165, 1.54) is 0 Å². The van der Waals surface area contributed by atoms with Gasteiger partial charge >= 0.3 is 6.01 Å². The van der Waals surface area contributed by atoms with Gasteiger partial charge in [-0.3, -0.25) is 0 Å². The van der Waals surface area contributed by atoms with Gasteiger partial charge in [0.1, 0.15) is 0 Å². The van der Waals surface area contributed by atoms with Crippen molar-refractivity contribution in [3.63, 3.8) is 0 Å². The summed E-state index contributed by atoms with van der Waals surface area (Å²) in [4.78, 5) is 12.1. The van der Waals surface area contributed by atoms with Crippen LogP contribution in [0.3, 0.4) is 0 Å². The molecule has 6 heteroatoms. The van der Waals surface area contributed by atoms with Gasteiger partial charge < -0.3 is 15.8 Å². The molecule has 0 amide bonds. The van der Waals surface area contributed by atoms with E-state index in [0.717, 1.165) is 0 Å². The zero-order chi connectivity index (χ0) is 13.0. The number of ether oxygens (including phenoxy) is 1. The molecule has 1 atom stereocenters. The molecular weight excluding hydrogens is 218 g/mol. The lowest BCUT2D eigenvalue weighted by molar-refractivity contribution is 0.222. The summed E-state index contributed by atoms with van der Waals surface area (Å²) in [5, 5.41) is 3.17.